The Morgan fingerprint density at radius 3 is 2.21 bits per heavy atom. The Bertz CT molecular complexity index is 691. The van der Waals surface area contributed by atoms with Crippen molar-refractivity contribution in [2.75, 3.05) is 13.1 Å². The Hall–Kier alpha value is -1.89. The van der Waals surface area contributed by atoms with Crippen molar-refractivity contribution in [3.8, 4) is 11.5 Å². The molecule has 1 fully saturated rings. The maximum atomic E-state index is 12.2. The van der Waals surface area contributed by atoms with Crippen molar-refractivity contribution in [2.45, 2.75) is 43.9 Å². The Balaban J connectivity index is 1.81. The number of alkyl halides is 3. The van der Waals surface area contributed by atoms with E-state index < -0.39 is 28.1 Å². The van der Waals surface area contributed by atoms with Gasteiger partial charge in [-0.05, 0) is 51.0 Å². The fourth-order valence-electron chi connectivity index (χ4n) is 2.34. The number of piperidine rings is 1. The second-order valence-electron chi connectivity index (χ2n) is 6.53. The lowest BCUT2D eigenvalue weighted by atomic mass is 10.1. The number of carbonyl (C=O) groups is 1. The molecule has 0 bridgehead atoms. The smallest absolute Gasteiger partial charge is 0.490 e. The standard InChI is InChI=1S/C16H21F3N2O6S/c1-15(2,14(22)20-23)28(24)27-21-9-7-12(8-10-21)25-11-3-5-13(6-4-11)26-16(17,18)19/h3-6,12,23H,7-10H2,1-2H3,(H,20,22). The van der Waals surface area contributed by atoms with E-state index in [4.69, 9.17) is 14.2 Å². The molecular weight excluding hydrogens is 405 g/mol. The van der Waals surface area contributed by atoms with E-state index >= 15 is 0 Å². The lowest BCUT2D eigenvalue weighted by Crippen LogP contribution is -2.47. The lowest BCUT2D eigenvalue weighted by Gasteiger charge is -2.32. The predicted octanol–water partition coefficient (Wildman–Crippen LogP) is 2.31. The molecule has 0 spiro atoms. The molecule has 158 valence electrons. The van der Waals surface area contributed by atoms with Crippen molar-refractivity contribution < 1.29 is 41.1 Å². The SMILES string of the molecule is CC(C)(C(=O)NO)S(=O)ON1CCC(Oc2ccc(OC(F)(F)F)cc2)CC1. The fourth-order valence-corrected chi connectivity index (χ4v) is 3.06. The van der Waals surface area contributed by atoms with Gasteiger partial charge in [-0.15, -0.1) is 13.2 Å². The number of carbonyl (C=O) groups excluding carboxylic acids is 1. The number of amides is 1. The van der Waals surface area contributed by atoms with Crippen LogP contribution in [0.1, 0.15) is 26.7 Å². The van der Waals surface area contributed by atoms with Gasteiger partial charge in [-0.2, -0.15) is 9.35 Å². The summed E-state index contributed by atoms with van der Waals surface area (Å²) < 4.78 is 62.0. The van der Waals surface area contributed by atoms with Gasteiger partial charge < -0.3 is 9.47 Å². The number of benzene rings is 1. The normalized spacial score (nSPS) is 17.8. The van der Waals surface area contributed by atoms with E-state index in [0.717, 1.165) is 0 Å². The number of rotatable bonds is 7. The van der Waals surface area contributed by atoms with Crippen LogP contribution in [0, 0.1) is 0 Å². The summed E-state index contributed by atoms with van der Waals surface area (Å²) in [5.41, 5.74) is 1.45. The topological polar surface area (TPSA) is 97.3 Å². The molecule has 2 N–H and O–H groups in total. The van der Waals surface area contributed by atoms with Crippen molar-refractivity contribution in [2.24, 2.45) is 0 Å². The summed E-state index contributed by atoms with van der Waals surface area (Å²) in [6.45, 7) is 3.50. The summed E-state index contributed by atoms with van der Waals surface area (Å²) in [6.07, 6.45) is -3.91. The number of ether oxygens (including phenoxy) is 2. The number of halogens is 3. The second kappa shape index (κ2) is 9.07. The minimum atomic E-state index is -4.75. The van der Waals surface area contributed by atoms with Gasteiger partial charge in [0.2, 0.25) is 0 Å². The van der Waals surface area contributed by atoms with Crippen LogP contribution >= 0.6 is 0 Å². The minimum Gasteiger partial charge on any atom is -0.490 e. The van der Waals surface area contributed by atoms with E-state index in [2.05, 4.69) is 4.74 Å². The molecule has 1 aliphatic rings. The molecule has 0 aromatic heterocycles. The van der Waals surface area contributed by atoms with Crippen LogP contribution in [-0.2, 0) is 20.2 Å². The summed E-state index contributed by atoms with van der Waals surface area (Å²) in [7, 11) is 0. The maximum Gasteiger partial charge on any atom is 0.573 e. The highest BCUT2D eigenvalue weighted by Gasteiger charge is 2.38. The summed E-state index contributed by atoms with van der Waals surface area (Å²) in [4.78, 5) is 11.5. The number of nitrogens with one attached hydrogen (secondary N) is 1. The Morgan fingerprint density at radius 1 is 1.18 bits per heavy atom. The summed E-state index contributed by atoms with van der Waals surface area (Å²) in [5, 5.41) is 10.1. The molecule has 1 amide bonds. The molecule has 12 heteroatoms. The number of hydrogen-bond acceptors (Lipinski definition) is 7. The third kappa shape index (κ3) is 6.33. The van der Waals surface area contributed by atoms with Crippen LogP contribution in [0.25, 0.3) is 0 Å². The van der Waals surface area contributed by atoms with Gasteiger partial charge in [0.05, 0.1) is 0 Å². The van der Waals surface area contributed by atoms with Gasteiger partial charge in [-0.1, -0.05) is 0 Å². The minimum absolute atomic E-state index is 0.198. The first-order chi connectivity index (χ1) is 13.0. The molecule has 1 atom stereocenters. The highest BCUT2D eigenvalue weighted by molar-refractivity contribution is 7.82. The second-order valence-corrected chi connectivity index (χ2v) is 8.17. The quantitative estimate of drug-likeness (QED) is 0.510. The van der Waals surface area contributed by atoms with Crippen LogP contribution in [0.5, 0.6) is 11.5 Å². The van der Waals surface area contributed by atoms with Gasteiger partial charge in [0, 0.05) is 13.1 Å². The van der Waals surface area contributed by atoms with E-state index in [1.807, 2.05) is 0 Å². The van der Waals surface area contributed by atoms with Crippen molar-refractivity contribution in [3.63, 3.8) is 0 Å². The molecular formula is C16H21F3N2O6S. The van der Waals surface area contributed by atoms with Crippen molar-refractivity contribution in [1.29, 1.82) is 0 Å². The first kappa shape index (κ1) is 22.4. The number of hydroxylamine groups is 3. The van der Waals surface area contributed by atoms with E-state index in [1.54, 1.807) is 0 Å². The van der Waals surface area contributed by atoms with Gasteiger partial charge in [0.25, 0.3) is 5.91 Å². The Kier molecular flexibility index (Phi) is 7.26. The molecule has 1 unspecified atom stereocenters. The molecule has 2 rings (SSSR count). The zero-order valence-electron chi connectivity index (χ0n) is 15.2. The van der Waals surface area contributed by atoms with Crippen LogP contribution < -0.4 is 15.0 Å². The molecule has 1 aromatic carbocycles. The first-order valence-electron chi connectivity index (χ1n) is 8.33. The van der Waals surface area contributed by atoms with Gasteiger partial charge in [0.1, 0.15) is 22.4 Å². The monoisotopic (exact) mass is 426 g/mol. The van der Waals surface area contributed by atoms with Crippen LogP contribution in [0.15, 0.2) is 24.3 Å². The van der Waals surface area contributed by atoms with Crippen LogP contribution in [0.3, 0.4) is 0 Å². The average Bonchev–Trinajstić information content (AvgIpc) is 2.63. The van der Waals surface area contributed by atoms with Crippen molar-refractivity contribution in [3.05, 3.63) is 24.3 Å². The number of hydrogen-bond donors (Lipinski definition) is 2. The summed E-state index contributed by atoms with van der Waals surface area (Å²) in [5.74, 6) is -0.764. The number of nitrogens with zero attached hydrogens (tertiary/aromatic N) is 1. The summed E-state index contributed by atoms with van der Waals surface area (Å²) in [6, 6.07) is 5.10. The highest BCUT2D eigenvalue weighted by atomic mass is 32.2. The average molecular weight is 426 g/mol. The predicted molar refractivity (Wildman–Crippen MR) is 91.6 cm³/mol. The molecule has 1 aromatic rings. The van der Waals surface area contributed by atoms with Gasteiger partial charge in [0.15, 0.2) is 11.1 Å². The van der Waals surface area contributed by atoms with Crippen LogP contribution in [0.4, 0.5) is 13.2 Å². The third-order valence-corrected chi connectivity index (χ3v) is 5.36. The van der Waals surface area contributed by atoms with Gasteiger partial charge in [-0.25, -0.2) is 9.69 Å². The highest BCUT2D eigenvalue weighted by Crippen LogP contribution is 2.26. The lowest BCUT2D eigenvalue weighted by molar-refractivity contribution is -0.274. The molecule has 8 nitrogen and oxygen atoms in total. The Morgan fingerprint density at radius 2 is 1.71 bits per heavy atom. The molecule has 0 aliphatic carbocycles. The molecule has 28 heavy (non-hydrogen) atoms. The van der Waals surface area contributed by atoms with Gasteiger partial charge in [-0.3, -0.25) is 10.0 Å². The zero-order chi connectivity index (χ0) is 20.9. The van der Waals surface area contributed by atoms with E-state index in [-0.39, 0.29) is 11.9 Å². The molecule has 0 saturated carbocycles. The molecule has 1 heterocycles. The van der Waals surface area contributed by atoms with E-state index in [0.29, 0.717) is 31.7 Å². The largest absolute Gasteiger partial charge is 0.573 e. The zero-order valence-corrected chi connectivity index (χ0v) is 16.0. The van der Waals surface area contributed by atoms with E-state index in [9.17, 15) is 22.2 Å². The molecule has 1 saturated heterocycles. The van der Waals surface area contributed by atoms with Gasteiger partial charge >= 0.3 is 6.36 Å². The Labute approximate surface area is 162 Å². The van der Waals surface area contributed by atoms with Crippen LogP contribution in [0.2, 0.25) is 0 Å². The third-order valence-electron chi connectivity index (χ3n) is 4.00. The first-order valence-corrected chi connectivity index (χ1v) is 9.41. The molecule has 1 aliphatic heterocycles. The molecule has 0 radical (unpaired) electrons. The maximum absolute atomic E-state index is 12.2. The van der Waals surface area contributed by atoms with Crippen molar-refractivity contribution in [1.82, 2.24) is 10.5 Å². The summed E-state index contributed by atoms with van der Waals surface area (Å²) >= 11 is -2.01. The van der Waals surface area contributed by atoms with E-state index in [1.165, 1.54) is 48.7 Å². The van der Waals surface area contributed by atoms with Crippen LogP contribution in [-0.4, -0.2) is 50.7 Å². The van der Waals surface area contributed by atoms with Crippen molar-refractivity contribution >= 4 is 17.0 Å². The fraction of sp³-hybridized carbons (Fsp3) is 0.562.